The lowest BCUT2D eigenvalue weighted by atomic mass is 10.1. The standard InChI is InChI=1S/C65H102O6/c1-4-7-10-13-16-19-22-25-28-30-32-34-37-40-43-46-49-52-55-58-64(67)70-61-62(60-69-63(66)57-54-51-48-45-42-39-36-27-24-21-18-15-12-9-6-3)71-65(68)59-56-53-50-47-44-41-38-35-33-31-29-26-23-20-17-14-11-8-5-2/h7-8,10-11,16-17,19-21,24-26,28-29,32-35,40-41,43-44,49,52,62H,4-6,9,12-15,18,22-23,27,30-31,36-39,42,45-48,50-51,53-61H2,1-3H3/b10-7+,11-8+,19-16+,20-17+,24-21+,28-25+,29-26+,34-32+,35-33+,43-40+,44-41+,52-49+/t62-/m1/s1. The molecule has 0 saturated carbocycles. The van der Waals surface area contributed by atoms with Gasteiger partial charge in [-0.3, -0.25) is 14.4 Å². The second-order valence-corrected chi connectivity index (χ2v) is 18.1. The van der Waals surface area contributed by atoms with E-state index in [1.165, 1.54) is 64.2 Å². The molecule has 0 bridgehead atoms. The monoisotopic (exact) mass is 979 g/mol. The average molecular weight is 980 g/mol. The van der Waals surface area contributed by atoms with Crippen LogP contribution in [-0.4, -0.2) is 37.2 Å². The summed E-state index contributed by atoms with van der Waals surface area (Å²) >= 11 is 0. The zero-order valence-corrected chi connectivity index (χ0v) is 45.4. The van der Waals surface area contributed by atoms with Crippen molar-refractivity contribution in [3.63, 3.8) is 0 Å². The highest BCUT2D eigenvalue weighted by molar-refractivity contribution is 5.71. The first kappa shape index (κ1) is 66.3. The summed E-state index contributed by atoms with van der Waals surface area (Å²) in [6.07, 6.45) is 82.7. The summed E-state index contributed by atoms with van der Waals surface area (Å²) in [5, 5.41) is 0. The Hall–Kier alpha value is -4.71. The Morgan fingerprint density at radius 2 is 0.577 bits per heavy atom. The van der Waals surface area contributed by atoms with E-state index in [9.17, 15) is 14.4 Å². The Morgan fingerprint density at radius 3 is 0.972 bits per heavy atom. The van der Waals surface area contributed by atoms with Crippen LogP contribution in [0.4, 0.5) is 0 Å². The first-order valence-corrected chi connectivity index (χ1v) is 28.3. The van der Waals surface area contributed by atoms with Crippen LogP contribution in [0.25, 0.3) is 0 Å². The SMILES string of the molecule is CC/C=C/C/C=C/C/C=C/C/C=C/C/C=C/C/C=C/CCC(=O)OC[C@@H](COC(=O)CCCCCCCCC/C=C/CCCCCC)OC(=O)CCCCC/C=C/C/C=C/C/C=C/C/C=C/C/C=C/CC. The van der Waals surface area contributed by atoms with E-state index in [-0.39, 0.29) is 44.0 Å². The Labute approximate surface area is 436 Å². The van der Waals surface area contributed by atoms with E-state index in [2.05, 4.69) is 154 Å². The van der Waals surface area contributed by atoms with Crippen LogP contribution in [0.5, 0.6) is 0 Å². The van der Waals surface area contributed by atoms with Crippen LogP contribution in [0.2, 0.25) is 0 Å². The molecule has 0 aromatic rings. The van der Waals surface area contributed by atoms with Crippen LogP contribution < -0.4 is 0 Å². The maximum Gasteiger partial charge on any atom is 0.306 e. The van der Waals surface area contributed by atoms with Crippen molar-refractivity contribution in [1.82, 2.24) is 0 Å². The van der Waals surface area contributed by atoms with Crippen LogP contribution in [0.15, 0.2) is 146 Å². The molecular weight excluding hydrogens is 877 g/mol. The van der Waals surface area contributed by atoms with Gasteiger partial charge in [-0.25, -0.2) is 0 Å². The Morgan fingerprint density at radius 1 is 0.296 bits per heavy atom. The summed E-state index contributed by atoms with van der Waals surface area (Å²) in [5.74, 6) is -1.05. The number of rotatable bonds is 49. The molecule has 6 nitrogen and oxygen atoms in total. The fourth-order valence-electron chi connectivity index (χ4n) is 7.13. The van der Waals surface area contributed by atoms with Crippen LogP contribution >= 0.6 is 0 Å². The van der Waals surface area contributed by atoms with Crippen molar-refractivity contribution < 1.29 is 28.6 Å². The topological polar surface area (TPSA) is 78.9 Å². The van der Waals surface area contributed by atoms with E-state index in [1.807, 2.05) is 12.2 Å². The lowest BCUT2D eigenvalue weighted by Crippen LogP contribution is -2.30. The van der Waals surface area contributed by atoms with E-state index in [0.717, 1.165) is 109 Å². The summed E-state index contributed by atoms with van der Waals surface area (Å²) in [6, 6.07) is 0. The van der Waals surface area contributed by atoms with Gasteiger partial charge < -0.3 is 14.2 Å². The first-order valence-electron chi connectivity index (χ1n) is 28.3. The van der Waals surface area contributed by atoms with Crippen LogP contribution in [0.3, 0.4) is 0 Å². The molecular formula is C65H102O6. The van der Waals surface area contributed by atoms with E-state index in [0.29, 0.717) is 19.3 Å². The normalized spacial score (nSPS) is 13.2. The lowest BCUT2D eigenvalue weighted by molar-refractivity contribution is -0.166. The largest absolute Gasteiger partial charge is 0.462 e. The van der Waals surface area contributed by atoms with Gasteiger partial charge >= 0.3 is 17.9 Å². The highest BCUT2D eigenvalue weighted by Gasteiger charge is 2.19. The van der Waals surface area contributed by atoms with Crippen molar-refractivity contribution in [2.45, 2.75) is 232 Å². The molecule has 0 fully saturated rings. The van der Waals surface area contributed by atoms with Gasteiger partial charge in [-0.1, -0.05) is 224 Å². The molecule has 0 aromatic heterocycles. The van der Waals surface area contributed by atoms with Gasteiger partial charge in [0.25, 0.3) is 0 Å². The third-order valence-corrected chi connectivity index (χ3v) is 11.3. The number of ether oxygens (including phenoxy) is 3. The second-order valence-electron chi connectivity index (χ2n) is 18.1. The third kappa shape index (κ3) is 56.1. The van der Waals surface area contributed by atoms with Crippen LogP contribution in [-0.2, 0) is 28.6 Å². The molecule has 0 heterocycles. The molecule has 0 aliphatic rings. The molecule has 0 aliphatic carbocycles. The molecule has 0 aliphatic heterocycles. The van der Waals surface area contributed by atoms with E-state index in [4.69, 9.17) is 14.2 Å². The number of allylic oxidation sites excluding steroid dienone is 24. The lowest BCUT2D eigenvalue weighted by Gasteiger charge is -2.18. The summed E-state index contributed by atoms with van der Waals surface area (Å²) in [4.78, 5) is 38.1. The van der Waals surface area contributed by atoms with Crippen molar-refractivity contribution in [2.24, 2.45) is 0 Å². The molecule has 0 spiro atoms. The molecule has 0 radical (unpaired) electrons. The maximum atomic E-state index is 12.9. The molecule has 6 heteroatoms. The van der Waals surface area contributed by atoms with Crippen molar-refractivity contribution in [3.8, 4) is 0 Å². The minimum absolute atomic E-state index is 0.123. The minimum Gasteiger partial charge on any atom is -0.462 e. The summed E-state index contributed by atoms with van der Waals surface area (Å²) in [5.41, 5.74) is 0. The molecule has 0 rings (SSSR count). The molecule has 1 atom stereocenters. The number of hydrogen-bond donors (Lipinski definition) is 0. The van der Waals surface area contributed by atoms with Crippen LogP contribution in [0, 0.1) is 0 Å². The third-order valence-electron chi connectivity index (χ3n) is 11.3. The predicted octanol–water partition coefficient (Wildman–Crippen LogP) is 19.2. The summed E-state index contributed by atoms with van der Waals surface area (Å²) < 4.78 is 16.8. The fraction of sp³-hybridized carbons (Fsp3) is 0.585. The van der Waals surface area contributed by atoms with E-state index >= 15 is 0 Å². The van der Waals surface area contributed by atoms with Gasteiger partial charge in [0.05, 0.1) is 0 Å². The number of hydrogen-bond acceptors (Lipinski definition) is 6. The van der Waals surface area contributed by atoms with Gasteiger partial charge in [0, 0.05) is 19.3 Å². The molecule has 0 saturated heterocycles. The van der Waals surface area contributed by atoms with E-state index in [1.54, 1.807) is 0 Å². The van der Waals surface area contributed by atoms with Gasteiger partial charge in [-0.2, -0.15) is 0 Å². The van der Waals surface area contributed by atoms with Crippen LogP contribution in [0.1, 0.15) is 226 Å². The van der Waals surface area contributed by atoms with Gasteiger partial charge in [0.1, 0.15) is 13.2 Å². The Balaban J connectivity index is 4.60. The van der Waals surface area contributed by atoms with Crippen molar-refractivity contribution in [2.75, 3.05) is 13.2 Å². The first-order chi connectivity index (χ1) is 35.0. The zero-order valence-electron chi connectivity index (χ0n) is 45.4. The fourth-order valence-corrected chi connectivity index (χ4v) is 7.13. The van der Waals surface area contributed by atoms with Gasteiger partial charge in [-0.15, -0.1) is 0 Å². The summed E-state index contributed by atoms with van der Waals surface area (Å²) in [7, 11) is 0. The van der Waals surface area contributed by atoms with Gasteiger partial charge in [0.15, 0.2) is 6.10 Å². The number of carbonyl (C=O) groups is 3. The second kappa shape index (κ2) is 57.9. The average Bonchev–Trinajstić information content (AvgIpc) is 3.37. The van der Waals surface area contributed by atoms with Crippen molar-refractivity contribution in [3.05, 3.63) is 146 Å². The molecule has 0 aromatic carbocycles. The highest BCUT2D eigenvalue weighted by Crippen LogP contribution is 2.13. The molecule has 398 valence electrons. The summed E-state index contributed by atoms with van der Waals surface area (Å²) in [6.45, 7) is 6.29. The number of unbranched alkanes of at least 4 members (excludes halogenated alkanes) is 14. The minimum atomic E-state index is -0.835. The Bertz CT molecular complexity index is 1590. The molecule has 0 unspecified atom stereocenters. The molecule has 0 N–H and O–H groups in total. The quantitative estimate of drug-likeness (QED) is 0.0262. The van der Waals surface area contributed by atoms with Gasteiger partial charge in [-0.05, 0) is 128 Å². The maximum absolute atomic E-state index is 12.9. The molecule has 0 amide bonds. The highest BCUT2D eigenvalue weighted by atomic mass is 16.6. The van der Waals surface area contributed by atoms with Gasteiger partial charge in [0.2, 0.25) is 0 Å². The van der Waals surface area contributed by atoms with Crippen molar-refractivity contribution in [1.29, 1.82) is 0 Å². The predicted molar refractivity (Wildman–Crippen MR) is 306 cm³/mol. The smallest absolute Gasteiger partial charge is 0.306 e. The number of esters is 3. The Kier molecular flexibility index (Phi) is 54.0. The molecule has 71 heavy (non-hydrogen) atoms. The van der Waals surface area contributed by atoms with E-state index < -0.39 is 6.10 Å². The number of carbonyl (C=O) groups excluding carboxylic acids is 3. The van der Waals surface area contributed by atoms with Crippen molar-refractivity contribution >= 4 is 17.9 Å². The zero-order chi connectivity index (χ0) is 51.4.